The Morgan fingerprint density at radius 1 is 1.00 bits per heavy atom. The van der Waals surface area contributed by atoms with Crippen LogP contribution in [0, 0.1) is 10.1 Å². The van der Waals surface area contributed by atoms with Gasteiger partial charge in [0.1, 0.15) is 0 Å². The van der Waals surface area contributed by atoms with Crippen molar-refractivity contribution in [3.8, 4) is 0 Å². The summed E-state index contributed by atoms with van der Waals surface area (Å²) >= 11 is 0. The van der Waals surface area contributed by atoms with Crippen molar-refractivity contribution < 1.29 is 36.0 Å². The van der Waals surface area contributed by atoms with Gasteiger partial charge in [-0.15, -0.1) is 6.58 Å². The Balaban J connectivity index is 1.90. The largest absolute Gasteiger partial charge is 0.416 e. The fourth-order valence-corrected chi connectivity index (χ4v) is 4.83. The number of nitro groups is 1. The van der Waals surface area contributed by atoms with Gasteiger partial charge in [-0.25, -0.2) is 0 Å². The highest BCUT2D eigenvalue weighted by molar-refractivity contribution is 5.35. The molecule has 3 rings (SSSR count). The minimum atomic E-state index is -4.96. The summed E-state index contributed by atoms with van der Waals surface area (Å²) in [6, 6.07) is 10.5. The van der Waals surface area contributed by atoms with Crippen LogP contribution in [0.3, 0.4) is 0 Å². The highest BCUT2D eigenvalue weighted by Gasteiger charge is 2.50. The van der Waals surface area contributed by atoms with Crippen LogP contribution in [0.15, 0.2) is 61.2 Å². The molecule has 2 aromatic rings. The van der Waals surface area contributed by atoms with Crippen LogP contribution in [-0.4, -0.2) is 17.1 Å². The topological polar surface area (TPSA) is 52.4 Å². The standard InChI is InChI=1S/C26H27F6NO3/c1-3-9-24(33(34)35)12-10-23(11-13-24,20-7-5-4-6-8-20)17-36-18(2)19-14-21(25(27,28)29)16-22(15-19)26(30,31)32/h3-8,14-16,18H,1,9-13,17H2,2H3/t18-,23-,24-/m1/s1. The lowest BCUT2D eigenvalue weighted by Crippen LogP contribution is -2.48. The van der Waals surface area contributed by atoms with Crippen LogP contribution in [0.5, 0.6) is 0 Å². The van der Waals surface area contributed by atoms with E-state index in [4.69, 9.17) is 4.74 Å². The SMILES string of the molecule is C=CC[C@]1([N+](=O)[O-])CC[C@](CO[C@H](C)c2cc(C(F)(F)F)cc(C(F)(F)F)c2)(c2ccccc2)CC1. The van der Waals surface area contributed by atoms with E-state index in [1.165, 1.54) is 13.0 Å². The molecule has 1 aliphatic rings. The molecule has 0 unspecified atom stereocenters. The fourth-order valence-electron chi connectivity index (χ4n) is 4.83. The lowest BCUT2D eigenvalue weighted by Gasteiger charge is -2.42. The van der Waals surface area contributed by atoms with E-state index < -0.39 is 40.5 Å². The lowest BCUT2D eigenvalue weighted by molar-refractivity contribution is -0.575. The van der Waals surface area contributed by atoms with Gasteiger partial charge in [0, 0.05) is 29.6 Å². The van der Waals surface area contributed by atoms with Gasteiger partial charge in [-0.1, -0.05) is 36.4 Å². The monoisotopic (exact) mass is 515 g/mol. The average molecular weight is 515 g/mol. The maximum atomic E-state index is 13.3. The summed E-state index contributed by atoms with van der Waals surface area (Å²) < 4.78 is 85.7. The Labute approximate surface area is 205 Å². The Hall–Kier alpha value is -2.88. The van der Waals surface area contributed by atoms with E-state index in [-0.39, 0.29) is 42.4 Å². The van der Waals surface area contributed by atoms with Crippen LogP contribution in [0.25, 0.3) is 0 Å². The highest BCUT2D eigenvalue weighted by atomic mass is 19.4. The quantitative estimate of drug-likeness (QED) is 0.155. The number of hydrogen-bond acceptors (Lipinski definition) is 3. The molecule has 4 nitrogen and oxygen atoms in total. The maximum absolute atomic E-state index is 13.3. The molecule has 1 fully saturated rings. The Bertz CT molecular complexity index is 1040. The normalized spacial score (nSPS) is 23.8. The van der Waals surface area contributed by atoms with Gasteiger partial charge in [0.05, 0.1) is 23.8 Å². The first-order valence-corrected chi connectivity index (χ1v) is 11.4. The van der Waals surface area contributed by atoms with E-state index in [0.29, 0.717) is 25.0 Å². The first kappa shape index (κ1) is 27.7. The summed E-state index contributed by atoms with van der Waals surface area (Å²) in [5.74, 6) is 0. The first-order valence-electron chi connectivity index (χ1n) is 11.4. The van der Waals surface area contributed by atoms with Gasteiger partial charge in [0.2, 0.25) is 5.54 Å². The van der Waals surface area contributed by atoms with Crippen LogP contribution < -0.4 is 0 Å². The van der Waals surface area contributed by atoms with Crippen molar-refractivity contribution in [1.82, 2.24) is 0 Å². The third-order valence-electron chi connectivity index (χ3n) is 7.12. The number of rotatable bonds is 8. The Morgan fingerprint density at radius 2 is 1.53 bits per heavy atom. The lowest BCUT2D eigenvalue weighted by atomic mass is 9.64. The van der Waals surface area contributed by atoms with Crippen molar-refractivity contribution in [3.63, 3.8) is 0 Å². The first-order chi connectivity index (χ1) is 16.7. The predicted molar refractivity (Wildman–Crippen MR) is 122 cm³/mol. The molecular formula is C26H27F6NO3. The van der Waals surface area contributed by atoms with E-state index in [0.717, 1.165) is 5.56 Å². The second-order valence-electron chi connectivity index (χ2n) is 9.41. The van der Waals surface area contributed by atoms with Crippen molar-refractivity contribution in [2.75, 3.05) is 6.61 Å². The molecule has 0 aromatic heterocycles. The van der Waals surface area contributed by atoms with E-state index in [9.17, 15) is 36.5 Å². The Morgan fingerprint density at radius 3 is 1.97 bits per heavy atom. The number of benzene rings is 2. The third-order valence-corrected chi connectivity index (χ3v) is 7.12. The molecule has 0 amide bonds. The van der Waals surface area contributed by atoms with Gasteiger partial charge in [0.25, 0.3) is 0 Å². The number of ether oxygens (including phenoxy) is 1. The molecule has 2 aromatic carbocycles. The van der Waals surface area contributed by atoms with E-state index in [2.05, 4.69) is 6.58 Å². The molecule has 36 heavy (non-hydrogen) atoms. The predicted octanol–water partition coefficient (Wildman–Crippen LogP) is 7.91. The molecule has 0 saturated heterocycles. The van der Waals surface area contributed by atoms with Crippen LogP contribution >= 0.6 is 0 Å². The molecular weight excluding hydrogens is 488 g/mol. The molecule has 1 atom stereocenters. The zero-order chi connectivity index (χ0) is 26.8. The summed E-state index contributed by atoms with van der Waals surface area (Å²) in [5.41, 5.74) is -4.04. The van der Waals surface area contributed by atoms with Crippen molar-refractivity contribution in [2.24, 2.45) is 0 Å². The summed E-state index contributed by atoms with van der Waals surface area (Å²) in [6.07, 6.45) is -8.06. The van der Waals surface area contributed by atoms with Crippen LogP contribution in [0.1, 0.15) is 67.4 Å². The van der Waals surface area contributed by atoms with Crippen LogP contribution in [-0.2, 0) is 22.5 Å². The van der Waals surface area contributed by atoms with E-state index in [1.54, 1.807) is 0 Å². The summed E-state index contributed by atoms with van der Waals surface area (Å²) in [4.78, 5) is 11.6. The number of hydrogen-bond donors (Lipinski definition) is 0. The molecule has 1 saturated carbocycles. The summed E-state index contributed by atoms with van der Waals surface area (Å²) in [6.45, 7) is 5.01. The smallest absolute Gasteiger partial charge is 0.373 e. The third kappa shape index (κ3) is 5.91. The highest BCUT2D eigenvalue weighted by Crippen LogP contribution is 2.47. The zero-order valence-corrected chi connectivity index (χ0v) is 19.7. The van der Waals surface area contributed by atoms with Gasteiger partial charge in [-0.2, -0.15) is 26.3 Å². The number of halogens is 6. The summed E-state index contributed by atoms with van der Waals surface area (Å²) in [5, 5.41) is 11.8. The van der Waals surface area contributed by atoms with Crippen molar-refractivity contribution in [1.29, 1.82) is 0 Å². The maximum Gasteiger partial charge on any atom is 0.416 e. The van der Waals surface area contributed by atoms with E-state index >= 15 is 0 Å². The zero-order valence-electron chi connectivity index (χ0n) is 19.7. The van der Waals surface area contributed by atoms with Crippen LogP contribution in [0.2, 0.25) is 0 Å². The second kappa shape index (κ2) is 10.2. The van der Waals surface area contributed by atoms with Gasteiger partial charge in [0.15, 0.2) is 0 Å². The molecule has 10 heteroatoms. The van der Waals surface area contributed by atoms with Crippen molar-refractivity contribution in [3.05, 3.63) is 93.6 Å². The molecule has 0 spiro atoms. The van der Waals surface area contributed by atoms with E-state index in [1.807, 2.05) is 30.3 Å². The van der Waals surface area contributed by atoms with Crippen LogP contribution in [0.4, 0.5) is 26.3 Å². The molecule has 0 aliphatic heterocycles. The van der Waals surface area contributed by atoms with Crippen molar-refractivity contribution >= 4 is 0 Å². The second-order valence-corrected chi connectivity index (χ2v) is 9.41. The van der Waals surface area contributed by atoms with Gasteiger partial charge >= 0.3 is 12.4 Å². The van der Waals surface area contributed by atoms with Gasteiger partial charge in [-0.05, 0) is 49.1 Å². The number of nitrogens with zero attached hydrogens (tertiary/aromatic N) is 1. The van der Waals surface area contributed by atoms with Crippen molar-refractivity contribution in [2.45, 2.75) is 68.4 Å². The summed E-state index contributed by atoms with van der Waals surface area (Å²) in [7, 11) is 0. The molecule has 0 bridgehead atoms. The number of alkyl halides is 6. The Kier molecular flexibility index (Phi) is 7.88. The molecule has 196 valence electrons. The molecule has 0 N–H and O–H groups in total. The minimum absolute atomic E-state index is 0.0162. The van der Waals surface area contributed by atoms with Gasteiger partial charge < -0.3 is 4.74 Å². The molecule has 0 radical (unpaired) electrons. The van der Waals surface area contributed by atoms with Gasteiger partial charge in [-0.3, -0.25) is 10.1 Å². The molecule has 1 aliphatic carbocycles. The average Bonchev–Trinajstić information content (AvgIpc) is 2.83. The molecule has 0 heterocycles. The fraction of sp³-hybridized carbons (Fsp3) is 0.462. The minimum Gasteiger partial charge on any atom is -0.373 e.